The maximum atomic E-state index is 13.6. The average Bonchev–Trinajstić information content (AvgIpc) is 2.64. The Morgan fingerprint density at radius 3 is 2.00 bits per heavy atom. The minimum atomic E-state index is -1.19. The molecule has 2 amide bonds. The zero-order chi connectivity index (χ0) is 19.0. The highest BCUT2D eigenvalue weighted by Gasteiger charge is 2.35. The molecule has 2 aromatic carbocycles. The molecule has 0 bridgehead atoms. The highest BCUT2D eigenvalue weighted by molar-refractivity contribution is 6.04. The van der Waals surface area contributed by atoms with Crippen molar-refractivity contribution >= 4 is 11.8 Å². The number of hydrogen-bond donors (Lipinski definition) is 2. The second-order valence-electron chi connectivity index (χ2n) is 6.71. The smallest absolute Gasteiger partial charge is 0.235 e. The maximum absolute atomic E-state index is 13.6. The molecule has 0 aliphatic carbocycles. The molecular formula is C21H25FN2O2. The van der Waals surface area contributed by atoms with Gasteiger partial charge in [-0.05, 0) is 43.9 Å². The van der Waals surface area contributed by atoms with E-state index in [4.69, 9.17) is 0 Å². The number of amides is 2. The van der Waals surface area contributed by atoms with Crippen LogP contribution in [0.2, 0.25) is 0 Å². The third kappa shape index (κ3) is 5.41. The summed E-state index contributed by atoms with van der Waals surface area (Å²) in [5.41, 5.74) is 0.476. The van der Waals surface area contributed by atoms with Crippen molar-refractivity contribution in [1.29, 1.82) is 0 Å². The number of hydrogen-bond acceptors (Lipinski definition) is 2. The molecule has 2 N–H and O–H groups in total. The van der Waals surface area contributed by atoms with Crippen LogP contribution in [0, 0.1) is 11.2 Å². The van der Waals surface area contributed by atoms with Gasteiger partial charge in [-0.2, -0.15) is 0 Å². The number of halogens is 1. The van der Waals surface area contributed by atoms with Gasteiger partial charge in [0.1, 0.15) is 11.2 Å². The molecule has 2 rings (SSSR count). The first-order valence-electron chi connectivity index (χ1n) is 8.75. The van der Waals surface area contributed by atoms with Gasteiger partial charge in [0.05, 0.1) is 0 Å². The first kappa shape index (κ1) is 19.6. The van der Waals surface area contributed by atoms with Gasteiger partial charge in [0.25, 0.3) is 0 Å². The molecule has 26 heavy (non-hydrogen) atoms. The first-order chi connectivity index (χ1) is 12.4. The Hall–Kier alpha value is -2.69. The van der Waals surface area contributed by atoms with E-state index in [1.165, 1.54) is 6.07 Å². The lowest BCUT2D eigenvalue weighted by molar-refractivity contribution is -0.141. The molecule has 0 saturated carbocycles. The van der Waals surface area contributed by atoms with Crippen LogP contribution in [0.1, 0.15) is 25.0 Å². The van der Waals surface area contributed by atoms with Gasteiger partial charge < -0.3 is 10.6 Å². The summed E-state index contributed by atoms with van der Waals surface area (Å²) in [5, 5.41) is 5.53. The van der Waals surface area contributed by atoms with Crippen LogP contribution >= 0.6 is 0 Å². The zero-order valence-corrected chi connectivity index (χ0v) is 15.2. The van der Waals surface area contributed by atoms with Crippen molar-refractivity contribution in [3.63, 3.8) is 0 Å². The molecule has 2 aromatic rings. The SMILES string of the molecule is CC(C)(C(=O)NCCc1ccccc1)C(=O)NCCc1ccccc1F. The summed E-state index contributed by atoms with van der Waals surface area (Å²) < 4.78 is 13.6. The molecule has 0 atom stereocenters. The fraction of sp³-hybridized carbons (Fsp3) is 0.333. The van der Waals surface area contributed by atoms with E-state index in [1.54, 1.807) is 32.0 Å². The Morgan fingerprint density at radius 1 is 0.846 bits per heavy atom. The first-order valence-corrected chi connectivity index (χ1v) is 8.75. The van der Waals surface area contributed by atoms with E-state index in [1.807, 2.05) is 30.3 Å². The molecule has 0 radical (unpaired) electrons. The Bertz CT molecular complexity index is 745. The predicted octanol–water partition coefficient (Wildman–Crippen LogP) is 2.87. The summed E-state index contributed by atoms with van der Waals surface area (Å²) in [5.74, 6) is -0.984. The summed E-state index contributed by atoms with van der Waals surface area (Å²) in [7, 11) is 0. The van der Waals surface area contributed by atoms with Gasteiger partial charge in [0.2, 0.25) is 11.8 Å². The van der Waals surface area contributed by atoms with Crippen molar-refractivity contribution in [2.75, 3.05) is 13.1 Å². The van der Waals surface area contributed by atoms with Gasteiger partial charge in [-0.1, -0.05) is 48.5 Å². The highest BCUT2D eigenvalue weighted by Crippen LogP contribution is 2.15. The van der Waals surface area contributed by atoms with E-state index in [0.717, 1.165) is 5.56 Å². The summed E-state index contributed by atoms with van der Waals surface area (Å²) >= 11 is 0. The fourth-order valence-corrected chi connectivity index (χ4v) is 2.52. The zero-order valence-electron chi connectivity index (χ0n) is 15.2. The number of carbonyl (C=O) groups is 2. The molecule has 4 nitrogen and oxygen atoms in total. The monoisotopic (exact) mass is 356 g/mol. The van der Waals surface area contributed by atoms with E-state index in [2.05, 4.69) is 10.6 Å². The van der Waals surface area contributed by atoms with E-state index < -0.39 is 5.41 Å². The molecule has 5 heteroatoms. The molecule has 0 spiro atoms. The van der Waals surface area contributed by atoms with Crippen LogP contribution in [0.4, 0.5) is 4.39 Å². The topological polar surface area (TPSA) is 58.2 Å². The Balaban J connectivity index is 1.78. The van der Waals surface area contributed by atoms with Crippen LogP contribution in [0.5, 0.6) is 0 Å². The van der Waals surface area contributed by atoms with E-state index in [0.29, 0.717) is 24.9 Å². The highest BCUT2D eigenvalue weighted by atomic mass is 19.1. The number of nitrogens with one attached hydrogen (secondary N) is 2. The van der Waals surface area contributed by atoms with Gasteiger partial charge in [-0.15, -0.1) is 0 Å². The Labute approximate surface area is 153 Å². The van der Waals surface area contributed by atoms with Gasteiger partial charge in [0, 0.05) is 13.1 Å². The van der Waals surface area contributed by atoms with Gasteiger partial charge in [-0.3, -0.25) is 9.59 Å². The Kier molecular flexibility index (Phi) is 6.89. The summed E-state index contributed by atoms with van der Waals surface area (Å²) in [6, 6.07) is 16.3. The normalized spacial score (nSPS) is 11.0. The lowest BCUT2D eigenvalue weighted by Crippen LogP contribution is -2.48. The lowest BCUT2D eigenvalue weighted by atomic mass is 9.91. The van der Waals surface area contributed by atoms with Crippen molar-refractivity contribution < 1.29 is 14.0 Å². The van der Waals surface area contributed by atoms with Crippen molar-refractivity contribution in [3.05, 3.63) is 71.5 Å². The molecule has 0 aliphatic heterocycles. The summed E-state index contributed by atoms with van der Waals surface area (Å²) in [6.07, 6.45) is 1.09. The van der Waals surface area contributed by atoms with E-state index in [-0.39, 0.29) is 24.2 Å². The van der Waals surface area contributed by atoms with Crippen LogP contribution in [0.3, 0.4) is 0 Å². The third-order valence-electron chi connectivity index (χ3n) is 4.32. The lowest BCUT2D eigenvalue weighted by Gasteiger charge is -2.22. The number of benzene rings is 2. The van der Waals surface area contributed by atoms with Crippen molar-refractivity contribution in [1.82, 2.24) is 10.6 Å². The van der Waals surface area contributed by atoms with Crippen molar-refractivity contribution in [2.45, 2.75) is 26.7 Å². The summed E-state index contributed by atoms with van der Waals surface area (Å²) in [6.45, 7) is 3.92. The molecule has 0 aromatic heterocycles. The molecule has 0 saturated heterocycles. The van der Waals surface area contributed by atoms with Crippen LogP contribution in [0.15, 0.2) is 54.6 Å². The van der Waals surface area contributed by atoms with E-state index in [9.17, 15) is 14.0 Å². The minimum absolute atomic E-state index is 0.278. The second kappa shape index (κ2) is 9.13. The van der Waals surface area contributed by atoms with Crippen molar-refractivity contribution in [2.24, 2.45) is 5.41 Å². The maximum Gasteiger partial charge on any atom is 0.235 e. The number of rotatable bonds is 8. The fourth-order valence-electron chi connectivity index (χ4n) is 2.52. The van der Waals surface area contributed by atoms with Crippen LogP contribution in [-0.4, -0.2) is 24.9 Å². The van der Waals surface area contributed by atoms with E-state index >= 15 is 0 Å². The molecule has 0 fully saturated rings. The predicted molar refractivity (Wildman–Crippen MR) is 100 cm³/mol. The molecule has 0 aliphatic rings. The van der Waals surface area contributed by atoms with Gasteiger partial charge in [-0.25, -0.2) is 4.39 Å². The molecule has 138 valence electrons. The minimum Gasteiger partial charge on any atom is -0.355 e. The van der Waals surface area contributed by atoms with Gasteiger partial charge in [0.15, 0.2) is 0 Å². The summed E-state index contributed by atoms with van der Waals surface area (Å²) in [4.78, 5) is 24.7. The second-order valence-corrected chi connectivity index (χ2v) is 6.71. The molecular weight excluding hydrogens is 331 g/mol. The van der Waals surface area contributed by atoms with Gasteiger partial charge >= 0.3 is 0 Å². The third-order valence-corrected chi connectivity index (χ3v) is 4.32. The number of carbonyl (C=O) groups excluding carboxylic acids is 2. The molecule has 0 unspecified atom stereocenters. The quantitative estimate of drug-likeness (QED) is 0.715. The average molecular weight is 356 g/mol. The molecule has 0 heterocycles. The largest absolute Gasteiger partial charge is 0.355 e. The van der Waals surface area contributed by atoms with Crippen LogP contribution in [0.25, 0.3) is 0 Å². The van der Waals surface area contributed by atoms with Crippen LogP contribution < -0.4 is 10.6 Å². The van der Waals surface area contributed by atoms with Crippen molar-refractivity contribution in [3.8, 4) is 0 Å². The Morgan fingerprint density at radius 2 is 1.38 bits per heavy atom. The standard InChI is InChI=1S/C21H25FN2O2/c1-21(2,19(25)23-14-12-16-8-4-3-5-9-16)20(26)24-15-13-17-10-6-7-11-18(17)22/h3-11H,12-15H2,1-2H3,(H,23,25)(H,24,26). The van der Waals surface area contributed by atoms with Crippen LogP contribution in [-0.2, 0) is 22.4 Å².